The number of hydrogen-bond acceptors (Lipinski definition) is 4. The summed E-state index contributed by atoms with van der Waals surface area (Å²) in [6, 6.07) is 12.2. The minimum atomic E-state index is -4.79. The van der Waals surface area contributed by atoms with Crippen molar-refractivity contribution >= 4 is 5.91 Å². The van der Waals surface area contributed by atoms with E-state index in [9.17, 15) is 22.4 Å². The largest absolute Gasteiger partial charge is 0.573 e. The Morgan fingerprint density at radius 2 is 1.65 bits per heavy atom. The highest BCUT2D eigenvalue weighted by Gasteiger charge is 2.32. The minimum Gasteiger partial charge on any atom is -0.405 e. The number of halogens is 4. The number of hydrogen-bond donors (Lipinski definition) is 1. The summed E-state index contributed by atoms with van der Waals surface area (Å²) in [7, 11) is 0. The van der Waals surface area contributed by atoms with Gasteiger partial charge in [-0.2, -0.15) is 0 Å². The maximum Gasteiger partial charge on any atom is 0.573 e. The summed E-state index contributed by atoms with van der Waals surface area (Å²) >= 11 is 0. The van der Waals surface area contributed by atoms with Crippen molar-refractivity contribution in [1.29, 1.82) is 0 Å². The van der Waals surface area contributed by atoms with Crippen molar-refractivity contribution in [2.75, 3.05) is 32.7 Å². The van der Waals surface area contributed by atoms with Crippen LogP contribution in [0.3, 0.4) is 0 Å². The van der Waals surface area contributed by atoms with Gasteiger partial charge in [0.15, 0.2) is 0 Å². The molecule has 0 spiro atoms. The fourth-order valence-corrected chi connectivity index (χ4v) is 3.52. The van der Waals surface area contributed by atoms with Crippen LogP contribution < -0.4 is 10.1 Å². The molecule has 1 aliphatic heterocycles. The Labute approximate surface area is 178 Å². The summed E-state index contributed by atoms with van der Waals surface area (Å²) in [6.45, 7) is 3.94. The van der Waals surface area contributed by atoms with Crippen LogP contribution in [-0.2, 0) is 17.9 Å². The van der Waals surface area contributed by atoms with Crippen LogP contribution in [0.1, 0.15) is 17.5 Å². The summed E-state index contributed by atoms with van der Waals surface area (Å²) in [5, 5.41) is 2.67. The SMILES string of the molecule is O=C(CN1CCCN(Cc2ccc(F)cc2)CC1)NCc1ccccc1OC(F)(F)F. The molecule has 168 valence electrons. The fourth-order valence-electron chi connectivity index (χ4n) is 3.52. The Morgan fingerprint density at radius 1 is 0.968 bits per heavy atom. The van der Waals surface area contributed by atoms with E-state index in [0.29, 0.717) is 6.54 Å². The van der Waals surface area contributed by atoms with Crippen molar-refractivity contribution in [1.82, 2.24) is 15.1 Å². The lowest BCUT2D eigenvalue weighted by atomic mass is 10.2. The molecular weight excluding hydrogens is 414 g/mol. The van der Waals surface area contributed by atoms with E-state index in [1.165, 1.54) is 30.3 Å². The molecule has 1 amide bonds. The van der Waals surface area contributed by atoms with Crippen LogP contribution in [0.4, 0.5) is 17.6 Å². The van der Waals surface area contributed by atoms with E-state index in [4.69, 9.17) is 0 Å². The van der Waals surface area contributed by atoms with E-state index in [2.05, 4.69) is 15.0 Å². The standard InChI is InChI=1S/C22H25F4N3O2/c23-19-8-6-17(7-9-19)15-28-10-3-11-29(13-12-28)16-21(30)27-14-18-4-1-2-5-20(18)31-22(24,25)26/h1-2,4-9H,3,10-16H2,(H,27,30). The summed E-state index contributed by atoms with van der Waals surface area (Å²) in [6.07, 6.45) is -3.90. The van der Waals surface area contributed by atoms with E-state index in [1.807, 2.05) is 4.90 Å². The number of ether oxygens (including phenoxy) is 1. The molecule has 1 saturated heterocycles. The van der Waals surface area contributed by atoms with E-state index in [1.54, 1.807) is 18.2 Å². The van der Waals surface area contributed by atoms with Crippen molar-refractivity contribution in [3.05, 3.63) is 65.5 Å². The van der Waals surface area contributed by atoms with E-state index in [0.717, 1.165) is 38.2 Å². The number of benzene rings is 2. The lowest BCUT2D eigenvalue weighted by molar-refractivity contribution is -0.274. The molecule has 0 unspecified atom stereocenters. The molecule has 1 heterocycles. The second kappa shape index (κ2) is 10.6. The Balaban J connectivity index is 1.45. The quantitative estimate of drug-likeness (QED) is 0.671. The van der Waals surface area contributed by atoms with Crippen molar-refractivity contribution in [2.24, 2.45) is 0 Å². The normalized spacial score (nSPS) is 16.0. The van der Waals surface area contributed by atoms with Crippen LogP contribution >= 0.6 is 0 Å². The molecule has 5 nitrogen and oxygen atoms in total. The topological polar surface area (TPSA) is 44.8 Å². The number of nitrogens with zero attached hydrogens (tertiary/aromatic N) is 2. The van der Waals surface area contributed by atoms with Crippen LogP contribution in [0.25, 0.3) is 0 Å². The molecule has 1 fully saturated rings. The van der Waals surface area contributed by atoms with Gasteiger partial charge in [-0.05, 0) is 43.3 Å². The second-order valence-corrected chi connectivity index (χ2v) is 7.46. The fraction of sp³-hybridized carbons (Fsp3) is 0.409. The molecule has 0 bridgehead atoms. The molecule has 3 rings (SSSR count). The van der Waals surface area contributed by atoms with Gasteiger partial charge in [-0.15, -0.1) is 13.2 Å². The highest BCUT2D eigenvalue weighted by atomic mass is 19.4. The van der Waals surface area contributed by atoms with E-state index in [-0.39, 0.29) is 36.1 Å². The van der Waals surface area contributed by atoms with Crippen molar-refractivity contribution in [2.45, 2.75) is 25.9 Å². The first-order valence-electron chi connectivity index (χ1n) is 10.1. The van der Waals surface area contributed by atoms with Crippen LogP contribution in [0, 0.1) is 5.82 Å². The third-order valence-corrected chi connectivity index (χ3v) is 5.04. The number of rotatable bonds is 7. The number of carbonyl (C=O) groups excluding carboxylic acids is 1. The third kappa shape index (κ3) is 7.84. The molecule has 2 aromatic rings. The predicted molar refractivity (Wildman–Crippen MR) is 108 cm³/mol. The first-order valence-corrected chi connectivity index (χ1v) is 10.1. The first-order chi connectivity index (χ1) is 14.8. The summed E-state index contributed by atoms with van der Waals surface area (Å²) in [5.74, 6) is -0.834. The molecule has 9 heteroatoms. The van der Waals surface area contributed by atoms with Gasteiger partial charge >= 0.3 is 6.36 Å². The van der Waals surface area contributed by atoms with Crippen molar-refractivity contribution in [3.8, 4) is 5.75 Å². The zero-order valence-electron chi connectivity index (χ0n) is 17.0. The molecule has 0 aromatic heterocycles. The van der Waals surface area contributed by atoms with Gasteiger partial charge < -0.3 is 10.1 Å². The number of nitrogens with one attached hydrogen (secondary N) is 1. The van der Waals surface area contributed by atoms with Gasteiger partial charge in [-0.1, -0.05) is 30.3 Å². The molecule has 0 atom stereocenters. The Kier molecular flexibility index (Phi) is 7.86. The highest BCUT2D eigenvalue weighted by Crippen LogP contribution is 2.26. The molecule has 1 N–H and O–H groups in total. The van der Waals surface area contributed by atoms with Crippen LogP contribution in [-0.4, -0.2) is 54.8 Å². The summed E-state index contributed by atoms with van der Waals surface area (Å²) in [5.41, 5.74) is 1.29. The van der Waals surface area contributed by atoms with E-state index < -0.39 is 6.36 Å². The van der Waals surface area contributed by atoms with Gasteiger partial charge in [0.05, 0.1) is 6.54 Å². The molecule has 31 heavy (non-hydrogen) atoms. The zero-order chi connectivity index (χ0) is 22.3. The molecule has 0 saturated carbocycles. The molecule has 0 radical (unpaired) electrons. The molecule has 2 aromatic carbocycles. The van der Waals surface area contributed by atoms with Crippen LogP contribution in [0.5, 0.6) is 5.75 Å². The Hall–Kier alpha value is -2.65. The molecule has 0 aliphatic carbocycles. The van der Waals surface area contributed by atoms with Crippen molar-refractivity contribution in [3.63, 3.8) is 0 Å². The second-order valence-electron chi connectivity index (χ2n) is 7.46. The Morgan fingerprint density at radius 3 is 2.39 bits per heavy atom. The van der Waals surface area contributed by atoms with Crippen LogP contribution in [0.15, 0.2) is 48.5 Å². The monoisotopic (exact) mass is 439 g/mol. The lowest BCUT2D eigenvalue weighted by Crippen LogP contribution is -2.39. The lowest BCUT2D eigenvalue weighted by Gasteiger charge is -2.21. The Bertz CT molecular complexity index is 859. The first kappa shape index (κ1) is 23.0. The highest BCUT2D eigenvalue weighted by molar-refractivity contribution is 5.78. The average molecular weight is 439 g/mol. The van der Waals surface area contributed by atoms with E-state index >= 15 is 0 Å². The van der Waals surface area contributed by atoms with Gasteiger partial charge in [0.25, 0.3) is 0 Å². The molecule has 1 aliphatic rings. The number of para-hydroxylation sites is 1. The third-order valence-electron chi connectivity index (χ3n) is 5.04. The van der Waals surface area contributed by atoms with Gasteiger partial charge in [-0.25, -0.2) is 4.39 Å². The van der Waals surface area contributed by atoms with Gasteiger partial charge in [0.2, 0.25) is 5.91 Å². The summed E-state index contributed by atoms with van der Waals surface area (Å²) < 4.78 is 54.6. The average Bonchev–Trinajstić information content (AvgIpc) is 2.93. The number of amides is 1. The number of alkyl halides is 3. The van der Waals surface area contributed by atoms with Gasteiger partial charge in [0, 0.05) is 31.7 Å². The van der Waals surface area contributed by atoms with Gasteiger partial charge in [-0.3, -0.25) is 14.6 Å². The smallest absolute Gasteiger partial charge is 0.405 e. The van der Waals surface area contributed by atoms with Crippen molar-refractivity contribution < 1.29 is 27.1 Å². The minimum absolute atomic E-state index is 0.0460. The zero-order valence-corrected chi connectivity index (χ0v) is 17.0. The molecular formula is C22H25F4N3O2. The summed E-state index contributed by atoms with van der Waals surface area (Å²) in [4.78, 5) is 16.6. The predicted octanol–water partition coefficient (Wildman–Crippen LogP) is 3.55. The maximum absolute atomic E-state index is 13.1. The van der Waals surface area contributed by atoms with Crippen LogP contribution in [0.2, 0.25) is 0 Å². The maximum atomic E-state index is 13.1. The number of carbonyl (C=O) groups is 1. The van der Waals surface area contributed by atoms with Gasteiger partial charge in [0.1, 0.15) is 11.6 Å².